The van der Waals surface area contributed by atoms with Gasteiger partial charge in [-0.15, -0.1) is 0 Å². The SMILES string of the molecule is CCCCCCCCCCCCCC/C=C/CCCCO[C@@H]1CO[C@@H]([C@@H](O)CO)[C@H]1O. The molecule has 1 rings (SSSR count). The summed E-state index contributed by atoms with van der Waals surface area (Å²) in [5.74, 6) is 0. The van der Waals surface area contributed by atoms with Crippen molar-refractivity contribution in [3.63, 3.8) is 0 Å². The van der Waals surface area contributed by atoms with Crippen LogP contribution in [-0.2, 0) is 9.47 Å². The van der Waals surface area contributed by atoms with Crippen molar-refractivity contribution in [2.24, 2.45) is 0 Å². The van der Waals surface area contributed by atoms with Crippen LogP contribution in [0.15, 0.2) is 12.2 Å². The summed E-state index contributed by atoms with van der Waals surface area (Å²) < 4.78 is 11.0. The molecule has 0 aromatic rings. The fourth-order valence-electron chi connectivity index (χ4n) is 4.14. The molecule has 0 aliphatic carbocycles. The first-order valence-electron chi connectivity index (χ1n) is 13.1. The zero-order valence-electron chi connectivity index (χ0n) is 20.1. The number of rotatable bonds is 21. The number of aliphatic hydroxyl groups excluding tert-OH is 3. The summed E-state index contributed by atoms with van der Waals surface area (Å²) in [6.45, 7) is 2.71. The van der Waals surface area contributed by atoms with E-state index in [1.807, 2.05) is 0 Å². The van der Waals surface area contributed by atoms with Gasteiger partial charge in [0.2, 0.25) is 0 Å². The number of aliphatic hydroxyl groups is 3. The van der Waals surface area contributed by atoms with E-state index in [9.17, 15) is 10.2 Å². The summed E-state index contributed by atoms with van der Waals surface area (Å²) in [4.78, 5) is 0. The molecule has 0 aromatic heterocycles. The van der Waals surface area contributed by atoms with Crippen LogP contribution in [-0.4, -0.2) is 59.6 Å². The molecule has 1 aliphatic heterocycles. The van der Waals surface area contributed by atoms with Crippen LogP contribution in [0.2, 0.25) is 0 Å². The second-order valence-corrected chi connectivity index (χ2v) is 9.09. The number of ether oxygens (including phenoxy) is 2. The first kappa shape index (κ1) is 28.6. The van der Waals surface area contributed by atoms with Crippen molar-refractivity contribution in [3.8, 4) is 0 Å². The molecule has 5 nitrogen and oxygen atoms in total. The summed E-state index contributed by atoms with van der Waals surface area (Å²) in [5.41, 5.74) is 0. The lowest BCUT2D eigenvalue weighted by Crippen LogP contribution is -2.41. The fourth-order valence-corrected chi connectivity index (χ4v) is 4.14. The maximum Gasteiger partial charge on any atom is 0.114 e. The average Bonchev–Trinajstić information content (AvgIpc) is 3.15. The Balaban J connectivity index is 1.81. The molecule has 31 heavy (non-hydrogen) atoms. The monoisotopic (exact) mass is 442 g/mol. The summed E-state index contributed by atoms with van der Waals surface area (Å²) in [6.07, 6.45) is 22.5. The molecule has 0 radical (unpaired) electrons. The van der Waals surface area contributed by atoms with Gasteiger partial charge in [0.05, 0.1) is 13.2 Å². The molecule has 0 amide bonds. The second-order valence-electron chi connectivity index (χ2n) is 9.09. The van der Waals surface area contributed by atoms with E-state index >= 15 is 0 Å². The second kappa shape index (κ2) is 20.2. The van der Waals surface area contributed by atoms with E-state index in [1.165, 1.54) is 83.5 Å². The van der Waals surface area contributed by atoms with E-state index in [4.69, 9.17) is 14.6 Å². The molecular formula is C26H50O5. The minimum absolute atomic E-state index is 0.266. The smallest absolute Gasteiger partial charge is 0.114 e. The zero-order valence-corrected chi connectivity index (χ0v) is 20.1. The first-order chi connectivity index (χ1) is 15.2. The van der Waals surface area contributed by atoms with Crippen LogP contribution in [0.1, 0.15) is 110 Å². The van der Waals surface area contributed by atoms with Crippen LogP contribution >= 0.6 is 0 Å². The van der Waals surface area contributed by atoms with Crippen molar-refractivity contribution in [2.75, 3.05) is 19.8 Å². The molecule has 0 unspecified atom stereocenters. The standard InChI is InChI=1S/C26H50O5/c1-2-3-4-5-6-7-8-9-10-11-12-13-14-15-16-17-18-19-20-30-24-22-31-26(25(24)29)23(28)21-27/h15-16,23-29H,2-14,17-22H2,1H3/b16-15+/t23-,24+,25-,26-/m0/s1. The maximum atomic E-state index is 10.1. The molecule has 1 aliphatic rings. The summed E-state index contributed by atoms with van der Waals surface area (Å²) in [7, 11) is 0. The number of hydrogen-bond acceptors (Lipinski definition) is 5. The number of unbranched alkanes of at least 4 members (excludes halogenated alkanes) is 14. The van der Waals surface area contributed by atoms with E-state index in [0.717, 1.165) is 19.3 Å². The highest BCUT2D eigenvalue weighted by atomic mass is 16.6. The van der Waals surface area contributed by atoms with Crippen LogP contribution < -0.4 is 0 Å². The molecule has 1 heterocycles. The minimum Gasteiger partial charge on any atom is -0.394 e. The van der Waals surface area contributed by atoms with E-state index in [-0.39, 0.29) is 6.61 Å². The van der Waals surface area contributed by atoms with Gasteiger partial charge in [-0.25, -0.2) is 0 Å². The van der Waals surface area contributed by atoms with Gasteiger partial charge >= 0.3 is 0 Å². The third-order valence-corrected chi connectivity index (χ3v) is 6.22. The third-order valence-electron chi connectivity index (χ3n) is 6.22. The van der Waals surface area contributed by atoms with Crippen LogP contribution in [0.25, 0.3) is 0 Å². The van der Waals surface area contributed by atoms with Gasteiger partial charge in [-0.2, -0.15) is 0 Å². The largest absolute Gasteiger partial charge is 0.394 e. The van der Waals surface area contributed by atoms with Crippen molar-refractivity contribution >= 4 is 0 Å². The predicted octanol–water partition coefficient (Wildman–Crippen LogP) is 5.30. The van der Waals surface area contributed by atoms with Gasteiger partial charge in [0.15, 0.2) is 0 Å². The van der Waals surface area contributed by atoms with Crippen molar-refractivity contribution in [1.82, 2.24) is 0 Å². The van der Waals surface area contributed by atoms with E-state index in [1.54, 1.807) is 0 Å². The lowest BCUT2D eigenvalue weighted by molar-refractivity contribution is -0.0730. The Bertz CT molecular complexity index is 415. The number of allylic oxidation sites excluding steroid dienone is 2. The molecule has 1 saturated heterocycles. The Morgan fingerprint density at radius 1 is 0.839 bits per heavy atom. The normalized spacial score (nSPS) is 22.5. The topological polar surface area (TPSA) is 79.2 Å². The maximum absolute atomic E-state index is 10.1. The Kier molecular flexibility index (Phi) is 18.6. The Labute approximate surface area is 191 Å². The molecule has 0 spiro atoms. The van der Waals surface area contributed by atoms with Crippen LogP contribution in [0, 0.1) is 0 Å². The highest BCUT2D eigenvalue weighted by Crippen LogP contribution is 2.20. The highest BCUT2D eigenvalue weighted by Gasteiger charge is 2.40. The van der Waals surface area contributed by atoms with E-state index in [2.05, 4.69) is 19.1 Å². The van der Waals surface area contributed by atoms with Gasteiger partial charge in [0.25, 0.3) is 0 Å². The van der Waals surface area contributed by atoms with E-state index < -0.39 is 31.0 Å². The first-order valence-corrected chi connectivity index (χ1v) is 13.1. The highest BCUT2D eigenvalue weighted by molar-refractivity contribution is 4.88. The molecule has 4 atom stereocenters. The van der Waals surface area contributed by atoms with Crippen LogP contribution in [0.5, 0.6) is 0 Å². The van der Waals surface area contributed by atoms with Gasteiger partial charge in [-0.1, -0.05) is 89.7 Å². The molecular weight excluding hydrogens is 392 g/mol. The predicted molar refractivity (Wildman–Crippen MR) is 127 cm³/mol. The van der Waals surface area contributed by atoms with Gasteiger partial charge in [0.1, 0.15) is 24.4 Å². The van der Waals surface area contributed by atoms with Gasteiger partial charge < -0.3 is 24.8 Å². The van der Waals surface area contributed by atoms with Gasteiger partial charge in [0, 0.05) is 6.61 Å². The lowest BCUT2D eigenvalue weighted by atomic mass is 10.0. The molecule has 184 valence electrons. The minimum atomic E-state index is -1.06. The summed E-state index contributed by atoms with van der Waals surface area (Å²) in [6, 6.07) is 0. The molecule has 0 saturated carbocycles. The molecule has 5 heteroatoms. The van der Waals surface area contributed by atoms with Crippen LogP contribution in [0.4, 0.5) is 0 Å². The van der Waals surface area contributed by atoms with Gasteiger partial charge in [-0.3, -0.25) is 0 Å². The molecule has 0 bridgehead atoms. The average molecular weight is 443 g/mol. The fraction of sp³-hybridized carbons (Fsp3) is 0.923. The summed E-state index contributed by atoms with van der Waals surface area (Å²) in [5, 5.41) is 28.6. The zero-order chi connectivity index (χ0) is 22.6. The van der Waals surface area contributed by atoms with Crippen molar-refractivity contribution in [3.05, 3.63) is 12.2 Å². The Hall–Kier alpha value is -0.460. The molecule has 3 N–H and O–H groups in total. The summed E-state index contributed by atoms with van der Waals surface area (Å²) >= 11 is 0. The Morgan fingerprint density at radius 3 is 1.90 bits per heavy atom. The molecule has 0 aromatic carbocycles. The lowest BCUT2D eigenvalue weighted by Gasteiger charge is -2.20. The van der Waals surface area contributed by atoms with Crippen molar-refractivity contribution < 1.29 is 24.8 Å². The van der Waals surface area contributed by atoms with Crippen molar-refractivity contribution in [1.29, 1.82) is 0 Å². The molecule has 1 fully saturated rings. The van der Waals surface area contributed by atoms with Crippen LogP contribution in [0.3, 0.4) is 0 Å². The van der Waals surface area contributed by atoms with E-state index in [0.29, 0.717) is 6.61 Å². The number of hydrogen-bond donors (Lipinski definition) is 3. The Morgan fingerprint density at radius 2 is 1.35 bits per heavy atom. The quantitative estimate of drug-likeness (QED) is 0.166. The van der Waals surface area contributed by atoms with Gasteiger partial charge in [-0.05, 0) is 32.1 Å². The third kappa shape index (κ3) is 14.3. The van der Waals surface area contributed by atoms with Crippen molar-refractivity contribution in [2.45, 2.75) is 134 Å².